The smallest absolute Gasteiger partial charge is 0.0262 e. The Labute approximate surface area is 85.1 Å². The molecule has 0 bridgehead atoms. The summed E-state index contributed by atoms with van der Waals surface area (Å²) in [6.07, 6.45) is 4.64. The summed E-state index contributed by atoms with van der Waals surface area (Å²) in [5, 5.41) is 0. The molecule has 0 aliphatic rings. The lowest BCUT2D eigenvalue weighted by atomic mass is 10.1. The summed E-state index contributed by atoms with van der Waals surface area (Å²) < 4.78 is 0. The first kappa shape index (κ1) is 18.1. The minimum absolute atomic E-state index is 0.709. The first-order chi connectivity index (χ1) is 6.08. The summed E-state index contributed by atoms with van der Waals surface area (Å²) in [6.45, 7) is 21.0. The molecule has 0 rings (SSSR count). The van der Waals surface area contributed by atoms with Crippen LogP contribution in [0.5, 0.6) is 0 Å². The molecule has 0 saturated carbocycles. The second-order valence-electron chi connectivity index (χ2n) is 2.87. The van der Waals surface area contributed by atoms with Gasteiger partial charge in [0.05, 0.1) is 0 Å². The van der Waals surface area contributed by atoms with E-state index >= 15 is 0 Å². The van der Waals surface area contributed by atoms with Crippen LogP contribution in [0.3, 0.4) is 0 Å². The van der Waals surface area contributed by atoms with Crippen LogP contribution in [0.2, 0.25) is 0 Å². The average molecular weight is 182 g/mol. The van der Waals surface area contributed by atoms with E-state index in [0.29, 0.717) is 5.92 Å². The fraction of sp³-hybridized carbons (Fsp3) is 0.538. The molecule has 0 saturated heterocycles. The van der Waals surface area contributed by atoms with Gasteiger partial charge in [0.2, 0.25) is 0 Å². The number of allylic oxidation sites excluding steroid dienone is 3. The third kappa shape index (κ3) is 35.0. The van der Waals surface area contributed by atoms with E-state index in [-0.39, 0.29) is 0 Å². The lowest BCUT2D eigenvalue weighted by Gasteiger charge is -2.01. The molecule has 0 N–H and O–H groups in total. The van der Waals surface area contributed by atoms with Crippen molar-refractivity contribution in [2.45, 2.75) is 41.0 Å². The third-order valence-corrected chi connectivity index (χ3v) is 0.959. The molecule has 78 valence electrons. The van der Waals surface area contributed by atoms with Crippen molar-refractivity contribution in [3.8, 4) is 0 Å². The molecule has 0 aliphatic carbocycles. The van der Waals surface area contributed by atoms with Crippen molar-refractivity contribution in [3.63, 3.8) is 0 Å². The fourth-order valence-corrected chi connectivity index (χ4v) is 0.608. The summed E-state index contributed by atoms with van der Waals surface area (Å²) in [7, 11) is 0. The Morgan fingerprint density at radius 3 is 1.62 bits per heavy atom. The summed E-state index contributed by atoms with van der Waals surface area (Å²) >= 11 is 0. The second-order valence-corrected chi connectivity index (χ2v) is 2.87. The highest BCUT2D eigenvalue weighted by Crippen LogP contribution is 2.07. The van der Waals surface area contributed by atoms with Crippen LogP contribution in [0.1, 0.15) is 41.0 Å². The van der Waals surface area contributed by atoms with E-state index in [0.717, 1.165) is 12.0 Å². The Balaban J connectivity index is -0.000000169. The standard InChI is InChI=1S/C8H14.C3H6.C2H6/c1-5-8(4)6-7(2)3;1-3-2;1-2/h5,7H,1,4,6H2,2-3H3;3H,1H2,2H3;1-2H3. The van der Waals surface area contributed by atoms with Gasteiger partial charge in [-0.15, -0.1) is 6.58 Å². The molecule has 0 aromatic heterocycles. The molecule has 0 unspecified atom stereocenters. The first-order valence-electron chi connectivity index (χ1n) is 4.95. The molecule has 0 atom stereocenters. The maximum Gasteiger partial charge on any atom is -0.0262 e. The summed E-state index contributed by atoms with van der Waals surface area (Å²) in [5.41, 5.74) is 1.14. The van der Waals surface area contributed by atoms with Crippen LogP contribution < -0.4 is 0 Å². The normalized spacial score (nSPS) is 7.23. The number of rotatable bonds is 3. The first-order valence-corrected chi connectivity index (χ1v) is 4.95. The van der Waals surface area contributed by atoms with Gasteiger partial charge in [-0.2, -0.15) is 0 Å². The predicted octanol–water partition coefficient (Wildman–Crippen LogP) is 4.99. The van der Waals surface area contributed by atoms with Crippen molar-refractivity contribution >= 4 is 0 Å². The van der Waals surface area contributed by atoms with Gasteiger partial charge >= 0.3 is 0 Å². The maximum absolute atomic E-state index is 3.80. The van der Waals surface area contributed by atoms with Gasteiger partial charge in [-0.25, -0.2) is 0 Å². The molecule has 0 amide bonds. The van der Waals surface area contributed by atoms with Crippen LogP contribution in [0, 0.1) is 5.92 Å². The molecular formula is C13H26. The maximum atomic E-state index is 3.80. The Bertz CT molecular complexity index is 118. The number of hydrogen-bond acceptors (Lipinski definition) is 0. The highest BCUT2D eigenvalue weighted by molar-refractivity contribution is 5.10. The van der Waals surface area contributed by atoms with Gasteiger partial charge in [0.25, 0.3) is 0 Å². The zero-order chi connectivity index (χ0) is 11.3. The van der Waals surface area contributed by atoms with Crippen molar-refractivity contribution in [2.24, 2.45) is 5.92 Å². The highest BCUT2D eigenvalue weighted by Gasteiger charge is 1.92. The van der Waals surface area contributed by atoms with E-state index in [9.17, 15) is 0 Å². The third-order valence-electron chi connectivity index (χ3n) is 0.959. The second kappa shape index (κ2) is 17.3. The average Bonchev–Trinajstić information content (AvgIpc) is 2.08. The molecule has 0 heteroatoms. The van der Waals surface area contributed by atoms with Crippen LogP contribution >= 0.6 is 0 Å². The molecule has 0 fully saturated rings. The quantitative estimate of drug-likeness (QED) is 0.426. The molecular weight excluding hydrogens is 156 g/mol. The molecule has 13 heavy (non-hydrogen) atoms. The lowest BCUT2D eigenvalue weighted by Crippen LogP contribution is -1.86. The van der Waals surface area contributed by atoms with Gasteiger partial charge in [-0.3, -0.25) is 0 Å². The van der Waals surface area contributed by atoms with E-state index in [1.165, 1.54) is 0 Å². The largest absolute Gasteiger partial charge is 0.103 e. The molecule has 0 radical (unpaired) electrons. The van der Waals surface area contributed by atoms with Gasteiger partial charge in [0.1, 0.15) is 0 Å². The van der Waals surface area contributed by atoms with Gasteiger partial charge < -0.3 is 0 Å². The molecule has 0 aliphatic heterocycles. The highest BCUT2D eigenvalue weighted by atomic mass is 14.0. The monoisotopic (exact) mass is 182 g/mol. The molecule has 0 aromatic rings. The van der Waals surface area contributed by atoms with E-state index < -0.39 is 0 Å². The minimum Gasteiger partial charge on any atom is -0.103 e. The van der Waals surface area contributed by atoms with Gasteiger partial charge in [-0.1, -0.05) is 58.6 Å². The molecule has 0 heterocycles. The Hall–Kier alpha value is -0.780. The summed E-state index contributed by atoms with van der Waals surface area (Å²) in [5.74, 6) is 0.709. The topological polar surface area (TPSA) is 0 Å². The Morgan fingerprint density at radius 2 is 1.54 bits per heavy atom. The zero-order valence-corrected chi connectivity index (χ0v) is 10.1. The van der Waals surface area contributed by atoms with E-state index in [4.69, 9.17) is 0 Å². The van der Waals surface area contributed by atoms with Crippen LogP contribution in [0.4, 0.5) is 0 Å². The van der Waals surface area contributed by atoms with Crippen LogP contribution in [0.15, 0.2) is 37.5 Å². The van der Waals surface area contributed by atoms with Crippen molar-refractivity contribution in [2.75, 3.05) is 0 Å². The van der Waals surface area contributed by atoms with Crippen molar-refractivity contribution in [1.82, 2.24) is 0 Å². The van der Waals surface area contributed by atoms with Crippen molar-refractivity contribution < 1.29 is 0 Å². The van der Waals surface area contributed by atoms with Gasteiger partial charge in [-0.05, 0) is 19.3 Å². The Kier molecular flexibility index (Phi) is 24.1. The van der Waals surface area contributed by atoms with E-state index in [1.54, 1.807) is 6.08 Å². The summed E-state index contributed by atoms with van der Waals surface area (Å²) in [4.78, 5) is 0. The van der Waals surface area contributed by atoms with E-state index in [2.05, 4.69) is 33.6 Å². The van der Waals surface area contributed by atoms with E-state index in [1.807, 2.05) is 26.8 Å². The van der Waals surface area contributed by atoms with Gasteiger partial charge in [0, 0.05) is 0 Å². The SMILES string of the molecule is C=CC.C=CC(=C)CC(C)C.CC. The van der Waals surface area contributed by atoms with Crippen molar-refractivity contribution in [3.05, 3.63) is 37.5 Å². The van der Waals surface area contributed by atoms with Crippen LogP contribution in [0.25, 0.3) is 0 Å². The lowest BCUT2D eigenvalue weighted by molar-refractivity contribution is 0.651. The summed E-state index contributed by atoms with van der Waals surface area (Å²) in [6, 6.07) is 0. The van der Waals surface area contributed by atoms with Gasteiger partial charge in [0.15, 0.2) is 0 Å². The zero-order valence-electron chi connectivity index (χ0n) is 10.1. The predicted molar refractivity (Wildman–Crippen MR) is 66.0 cm³/mol. The Morgan fingerprint density at radius 1 is 1.23 bits per heavy atom. The molecule has 0 spiro atoms. The molecule has 0 aromatic carbocycles. The minimum atomic E-state index is 0.709. The van der Waals surface area contributed by atoms with Crippen LogP contribution in [-0.4, -0.2) is 0 Å². The van der Waals surface area contributed by atoms with Crippen molar-refractivity contribution in [1.29, 1.82) is 0 Å². The fourth-order valence-electron chi connectivity index (χ4n) is 0.608. The number of hydrogen-bond donors (Lipinski definition) is 0. The molecule has 0 nitrogen and oxygen atoms in total. The van der Waals surface area contributed by atoms with Crippen LogP contribution in [-0.2, 0) is 0 Å².